The second kappa shape index (κ2) is 6.22. The molecule has 0 bridgehead atoms. The predicted octanol–water partition coefficient (Wildman–Crippen LogP) is 2.39. The maximum absolute atomic E-state index is 12.2. The highest BCUT2D eigenvalue weighted by molar-refractivity contribution is 9.10. The number of hydrogen-bond donors (Lipinski definition) is 2. The number of aromatic carboxylic acids is 1. The fourth-order valence-electron chi connectivity index (χ4n) is 1.57. The largest absolute Gasteiger partial charge is 0.478 e. The van der Waals surface area contributed by atoms with Gasteiger partial charge in [-0.1, -0.05) is 0 Å². The molecule has 1 aromatic carbocycles. The fourth-order valence-corrected chi connectivity index (χ4v) is 4.44. The molecule has 2 rings (SSSR count). The lowest BCUT2D eigenvalue weighted by atomic mass is 10.2. The van der Waals surface area contributed by atoms with Crippen LogP contribution in [0.2, 0.25) is 0 Å². The van der Waals surface area contributed by atoms with Gasteiger partial charge < -0.3 is 5.11 Å². The molecule has 0 saturated heterocycles. The first kappa shape index (κ1) is 16.1. The molecule has 0 aliphatic carbocycles. The van der Waals surface area contributed by atoms with E-state index in [1.165, 1.54) is 29.5 Å². The molecule has 9 heteroatoms. The maximum Gasteiger partial charge on any atom is 0.335 e. The van der Waals surface area contributed by atoms with Crippen molar-refractivity contribution >= 4 is 43.3 Å². The van der Waals surface area contributed by atoms with Gasteiger partial charge in [-0.25, -0.2) is 22.9 Å². The highest BCUT2D eigenvalue weighted by Gasteiger charge is 2.19. The highest BCUT2D eigenvalue weighted by atomic mass is 79.9. The van der Waals surface area contributed by atoms with E-state index in [1.807, 2.05) is 12.3 Å². The summed E-state index contributed by atoms with van der Waals surface area (Å²) < 4.78 is 27.0. The Morgan fingerprint density at radius 1 is 1.48 bits per heavy atom. The number of carboxylic acids is 1. The molecule has 1 heterocycles. The number of sulfonamides is 1. The zero-order valence-corrected chi connectivity index (χ0v) is 14.0. The summed E-state index contributed by atoms with van der Waals surface area (Å²) in [6, 6.07) is 3.75. The lowest BCUT2D eigenvalue weighted by Gasteiger charge is -2.08. The number of hydrogen-bond acceptors (Lipinski definition) is 5. The van der Waals surface area contributed by atoms with Crippen LogP contribution in [0.4, 0.5) is 0 Å². The molecule has 0 saturated carbocycles. The Labute approximate surface area is 134 Å². The molecule has 0 atom stereocenters. The van der Waals surface area contributed by atoms with Gasteiger partial charge in [0.15, 0.2) is 0 Å². The maximum atomic E-state index is 12.2. The quantitative estimate of drug-likeness (QED) is 0.816. The number of nitrogens with zero attached hydrogens (tertiary/aromatic N) is 1. The molecule has 1 aromatic heterocycles. The monoisotopic (exact) mass is 390 g/mol. The van der Waals surface area contributed by atoms with Crippen LogP contribution in [0.5, 0.6) is 0 Å². The van der Waals surface area contributed by atoms with Crippen LogP contribution in [0.25, 0.3) is 0 Å². The topological polar surface area (TPSA) is 96.4 Å². The molecule has 6 nitrogen and oxygen atoms in total. The van der Waals surface area contributed by atoms with Gasteiger partial charge in [-0.2, -0.15) is 0 Å². The number of rotatable bonds is 5. The Morgan fingerprint density at radius 2 is 2.19 bits per heavy atom. The average molecular weight is 391 g/mol. The van der Waals surface area contributed by atoms with Crippen molar-refractivity contribution in [1.82, 2.24) is 9.71 Å². The third kappa shape index (κ3) is 3.88. The lowest BCUT2D eigenvalue weighted by molar-refractivity contribution is 0.0696. The molecule has 0 amide bonds. The zero-order chi connectivity index (χ0) is 15.6. The molecule has 21 heavy (non-hydrogen) atoms. The molecule has 0 aliphatic rings. The Hall–Kier alpha value is -1.29. The number of halogens is 1. The van der Waals surface area contributed by atoms with E-state index in [0.29, 0.717) is 5.01 Å². The van der Waals surface area contributed by atoms with E-state index < -0.39 is 16.0 Å². The van der Waals surface area contributed by atoms with Crippen molar-refractivity contribution in [3.05, 3.63) is 44.3 Å². The second-order valence-electron chi connectivity index (χ2n) is 4.16. The van der Waals surface area contributed by atoms with Crippen LogP contribution in [0.3, 0.4) is 0 Å². The smallest absolute Gasteiger partial charge is 0.335 e. The first-order valence-electron chi connectivity index (χ1n) is 5.73. The molecular weight excluding hydrogens is 380 g/mol. The van der Waals surface area contributed by atoms with E-state index in [-0.39, 0.29) is 21.5 Å². The fraction of sp³-hybridized carbons (Fsp3) is 0.167. The summed E-state index contributed by atoms with van der Waals surface area (Å²) in [5.41, 5.74) is 0.845. The van der Waals surface area contributed by atoms with E-state index in [1.54, 1.807) is 0 Å². The number of carboxylic acid groups (broad SMARTS) is 1. The molecule has 0 aliphatic heterocycles. The SMILES string of the molecule is Cc1csc(CNS(=O)(=O)c2ccc(C(=O)O)cc2Br)n1. The Bertz CT molecular complexity index is 786. The van der Waals surface area contributed by atoms with Gasteiger partial charge >= 0.3 is 5.97 Å². The molecule has 2 aromatic rings. The molecule has 0 unspecified atom stereocenters. The van der Waals surface area contributed by atoms with Crippen LogP contribution < -0.4 is 4.72 Å². The molecule has 112 valence electrons. The van der Waals surface area contributed by atoms with Crippen molar-refractivity contribution in [2.45, 2.75) is 18.4 Å². The summed E-state index contributed by atoms with van der Waals surface area (Å²) in [6.45, 7) is 1.92. The van der Waals surface area contributed by atoms with Crippen molar-refractivity contribution in [3.8, 4) is 0 Å². The average Bonchev–Trinajstić information content (AvgIpc) is 2.82. The lowest BCUT2D eigenvalue weighted by Crippen LogP contribution is -2.23. The van der Waals surface area contributed by atoms with Crippen LogP contribution in [-0.4, -0.2) is 24.5 Å². The summed E-state index contributed by atoms with van der Waals surface area (Å²) in [6.07, 6.45) is 0. The van der Waals surface area contributed by atoms with Gasteiger partial charge in [-0.05, 0) is 41.1 Å². The normalized spacial score (nSPS) is 11.5. The third-order valence-electron chi connectivity index (χ3n) is 2.55. The van der Waals surface area contributed by atoms with Crippen LogP contribution in [0, 0.1) is 6.92 Å². The van der Waals surface area contributed by atoms with E-state index in [9.17, 15) is 13.2 Å². The van der Waals surface area contributed by atoms with Gasteiger partial charge in [0.1, 0.15) is 5.01 Å². The number of aromatic nitrogens is 1. The number of benzene rings is 1. The molecule has 0 spiro atoms. The van der Waals surface area contributed by atoms with Crippen LogP contribution in [-0.2, 0) is 16.6 Å². The summed E-state index contributed by atoms with van der Waals surface area (Å²) in [5.74, 6) is -1.12. The standard InChI is InChI=1S/C12H11BrN2O4S2/c1-7-6-20-11(15-7)5-14-21(18,19)10-3-2-8(12(16)17)4-9(10)13/h2-4,6,14H,5H2,1H3,(H,16,17). The van der Waals surface area contributed by atoms with Crippen molar-refractivity contribution in [1.29, 1.82) is 0 Å². The minimum atomic E-state index is -3.75. The first-order chi connectivity index (χ1) is 9.79. The Kier molecular flexibility index (Phi) is 4.77. The van der Waals surface area contributed by atoms with Gasteiger partial charge in [0, 0.05) is 15.5 Å². The van der Waals surface area contributed by atoms with Gasteiger partial charge in [-0.15, -0.1) is 11.3 Å². The van der Waals surface area contributed by atoms with Crippen LogP contribution in [0.1, 0.15) is 21.1 Å². The van der Waals surface area contributed by atoms with Gasteiger partial charge in [0.05, 0.1) is 17.0 Å². The van der Waals surface area contributed by atoms with Crippen molar-refractivity contribution in [2.75, 3.05) is 0 Å². The van der Waals surface area contributed by atoms with Crippen molar-refractivity contribution in [2.24, 2.45) is 0 Å². The summed E-state index contributed by atoms with van der Waals surface area (Å²) in [5, 5.41) is 11.4. The first-order valence-corrected chi connectivity index (χ1v) is 8.88. The van der Waals surface area contributed by atoms with Crippen LogP contribution in [0.15, 0.2) is 32.9 Å². The van der Waals surface area contributed by atoms with Gasteiger partial charge in [-0.3, -0.25) is 0 Å². The van der Waals surface area contributed by atoms with Crippen molar-refractivity contribution in [3.63, 3.8) is 0 Å². The Morgan fingerprint density at radius 3 is 2.71 bits per heavy atom. The van der Waals surface area contributed by atoms with E-state index in [0.717, 1.165) is 5.69 Å². The number of carbonyl (C=O) groups is 1. The molecule has 2 N–H and O–H groups in total. The minimum Gasteiger partial charge on any atom is -0.478 e. The summed E-state index contributed by atoms with van der Waals surface area (Å²) in [7, 11) is -3.75. The number of aryl methyl sites for hydroxylation is 1. The van der Waals surface area contributed by atoms with Gasteiger partial charge in [0.2, 0.25) is 10.0 Å². The van der Waals surface area contributed by atoms with Crippen molar-refractivity contribution < 1.29 is 18.3 Å². The third-order valence-corrected chi connectivity index (χ3v) is 5.89. The Balaban J connectivity index is 2.21. The van der Waals surface area contributed by atoms with E-state index in [2.05, 4.69) is 25.6 Å². The summed E-state index contributed by atoms with van der Waals surface area (Å²) >= 11 is 4.45. The minimum absolute atomic E-state index is 0.0105. The highest BCUT2D eigenvalue weighted by Crippen LogP contribution is 2.23. The van der Waals surface area contributed by atoms with Gasteiger partial charge in [0.25, 0.3) is 0 Å². The zero-order valence-electron chi connectivity index (χ0n) is 10.8. The number of thiazole rings is 1. The summed E-state index contributed by atoms with van der Waals surface area (Å²) in [4.78, 5) is 15.0. The van der Waals surface area contributed by atoms with E-state index >= 15 is 0 Å². The van der Waals surface area contributed by atoms with E-state index in [4.69, 9.17) is 5.11 Å². The number of nitrogens with one attached hydrogen (secondary N) is 1. The van der Waals surface area contributed by atoms with Crippen LogP contribution >= 0.6 is 27.3 Å². The molecule has 0 radical (unpaired) electrons. The predicted molar refractivity (Wildman–Crippen MR) is 82.0 cm³/mol. The second-order valence-corrected chi connectivity index (χ2v) is 7.69. The molecular formula is C12H11BrN2O4S2. The molecule has 0 fully saturated rings.